The molecule has 5 rings (SSSR count). The molecule has 1 unspecified atom stereocenters. The van der Waals surface area contributed by atoms with Crippen molar-refractivity contribution in [1.29, 1.82) is 0 Å². The zero-order valence-electron chi connectivity index (χ0n) is 12.2. The topological polar surface area (TPSA) is 50.4 Å². The average Bonchev–Trinajstić information content (AvgIpc) is 2.37. The predicted octanol–water partition coefficient (Wildman–Crippen LogP) is 1.45. The van der Waals surface area contributed by atoms with E-state index in [1.807, 2.05) is 0 Å². The molecule has 4 nitrogen and oxygen atoms in total. The Balaban J connectivity index is 1.37. The van der Waals surface area contributed by atoms with Crippen LogP contribution >= 0.6 is 0 Å². The van der Waals surface area contributed by atoms with Gasteiger partial charge in [-0.05, 0) is 56.3 Å². The molecule has 1 amide bonds. The Bertz CT molecular complexity index is 355. The zero-order chi connectivity index (χ0) is 13.6. The van der Waals surface area contributed by atoms with E-state index < -0.39 is 0 Å². The first-order valence-electron chi connectivity index (χ1n) is 8.34. The van der Waals surface area contributed by atoms with Gasteiger partial charge in [0.15, 0.2) is 0 Å². The van der Waals surface area contributed by atoms with E-state index in [1.54, 1.807) is 0 Å². The Morgan fingerprint density at radius 3 is 2.35 bits per heavy atom. The summed E-state index contributed by atoms with van der Waals surface area (Å²) in [6, 6.07) is 0. The predicted molar refractivity (Wildman–Crippen MR) is 76.3 cm³/mol. The van der Waals surface area contributed by atoms with Crippen molar-refractivity contribution in [2.45, 2.75) is 56.6 Å². The molecule has 5 aliphatic rings. The van der Waals surface area contributed by atoms with Gasteiger partial charge in [-0.3, -0.25) is 4.79 Å². The number of ether oxygens (including phenoxy) is 1. The maximum atomic E-state index is 12.4. The minimum absolute atomic E-state index is 0.0673. The van der Waals surface area contributed by atoms with Gasteiger partial charge in [-0.1, -0.05) is 0 Å². The summed E-state index contributed by atoms with van der Waals surface area (Å²) in [5.41, 5.74) is 0.147. The minimum atomic E-state index is 0.0673. The molecule has 112 valence electrons. The summed E-state index contributed by atoms with van der Waals surface area (Å²) >= 11 is 0. The van der Waals surface area contributed by atoms with E-state index in [0.29, 0.717) is 6.42 Å². The fraction of sp³-hybridized carbons (Fsp3) is 0.938. The van der Waals surface area contributed by atoms with Crippen LogP contribution in [-0.4, -0.2) is 37.2 Å². The smallest absolute Gasteiger partial charge is 0.223 e. The van der Waals surface area contributed by atoms with Crippen molar-refractivity contribution < 1.29 is 9.53 Å². The van der Waals surface area contributed by atoms with E-state index in [0.717, 1.165) is 37.5 Å². The van der Waals surface area contributed by atoms with Crippen LogP contribution in [0.25, 0.3) is 0 Å². The Morgan fingerprint density at radius 2 is 1.80 bits per heavy atom. The summed E-state index contributed by atoms with van der Waals surface area (Å²) in [6.07, 6.45) is 8.55. The molecule has 1 heterocycles. The second-order valence-electron chi connectivity index (χ2n) is 7.65. The number of carbonyl (C=O) groups excluding carboxylic acids is 1. The number of rotatable bonds is 3. The quantitative estimate of drug-likeness (QED) is 0.821. The minimum Gasteiger partial charge on any atom is -0.375 e. The van der Waals surface area contributed by atoms with Crippen LogP contribution in [0.2, 0.25) is 0 Å². The van der Waals surface area contributed by atoms with Crippen LogP contribution < -0.4 is 10.6 Å². The lowest BCUT2D eigenvalue weighted by atomic mass is 9.53. The fourth-order valence-electron chi connectivity index (χ4n) is 5.57. The molecular formula is C16H26N2O2. The third-order valence-corrected chi connectivity index (χ3v) is 5.86. The number of hydrogen-bond acceptors (Lipinski definition) is 3. The van der Waals surface area contributed by atoms with E-state index in [4.69, 9.17) is 4.74 Å². The number of carbonyl (C=O) groups is 1. The van der Waals surface area contributed by atoms with Gasteiger partial charge < -0.3 is 15.4 Å². The van der Waals surface area contributed by atoms with Gasteiger partial charge in [-0.25, -0.2) is 0 Å². The molecule has 0 radical (unpaired) electrons. The van der Waals surface area contributed by atoms with Gasteiger partial charge in [-0.15, -0.1) is 0 Å². The largest absolute Gasteiger partial charge is 0.375 e. The highest BCUT2D eigenvalue weighted by atomic mass is 16.5. The average molecular weight is 278 g/mol. The summed E-state index contributed by atoms with van der Waals surface area (Å²) in [6.45, 7) is 2.46. The lowest BCUT2D eigenvalue weighted by Gasteiger charge is -2.57. The summed E-state index contributed by atoms with van der Waals surface area (Å²) in [5.74, 6) is 2.86. The van der Waals surface area contributed by atoms with Crippen LogP contribution in [0.1, 0.15) is 44.9 Å². The maximum Gasteiger partial charge on any atom is 0.223 e. The lowest BCUT2D eigenvalue weighted by molar-refractivity contribution is -0.130. The summed E-state index contributed by atoms with van der Waals surface area (Å²) in [7, 11) is 0. The molecule has 2 N–H and O–H groups in total. The van der Waals surface area contributed by atoms with Gasteiger partial charge >= 0.3 is 0 Å². The molecule has 0 aromatic rings. The molecule has 0 aromatic carbocycles. The van der Waals surface area contributed by atoms with Gasteiger partial charge in [-0.2, -0.15) is 0 Å². The summed E-state index contributed by atoms with van der Waals surface area (Å²) in [4.78, 5) is 12.4. The number of hydrogen-bond donors (Lipinski definition) is 2. The van der Waals surface area contributed by atoms with Crippen LogP contribution in [0, 0.1) is 17.8 Å². The molecule has 5 fully saturated rings. The molecule has 0 aromatic heterocycles. The molecule has 1 atom stereocenters. The maximum absolute atomic E-state index is 12.4. The molecule has 4 bridgehead atoms. The molecule has 20 heavy (non-hydrogen) atoms. The number of nitrogens with one attached hydrogen (secondary N) is 2. The van der Waals surface area contributed by atoms with Gasteiger partial charge in [0, 0.05) is 18.6 Å². The van der Waals surface area contributed by atoms with Gasteiger partial charge in [0.1, 0.15) is 0 Å². The first-order chi connectivity index (χ1) is 9.71. The molecule has 4 saturated carbocycles. The third kappa shape index (κ3) is 2.48. The number of amides is 1. The van der Waals surface area contributed by atoms with E-state index in [-0.39, 0.29) is 17.6 Å². The highest BCUT2D eigenvalue weighted by molar-refractivity contribution is 5.77. The van der Waals surface area contributed by atoms with Crippen molar-refractivity contribution in [1.82, 2.24) is 10.6 Å². The standard InChI is InChI=1S/C16H26N2O2/c19-15(6-14-10-17-1-2-20-14)18-16-7-11-3-12(8-16)5-13(4-11)9-16/h11-14,17H,1-10H2,(H,18,19). The SMILES string of the molecule is O=C(CC1CNCCO1)NC12CC3CC(CC(C3)C1)C2. The van der Waals surface area contributed by atoms with Crippen LogP contribution in [0.15, 0.2) is 0 Å². The second-order valence-corrected chi connectivity index (χ2v) is 7.65. The van der Waals surface area contributed by atoms with Gasteiger partial charge in [0.05, 0.1) is 19.1 Å². The van der Waals surface area contributed by atoms with Crippen molar-refractivity contribution in [2.24, 2.45) is 17.8 Å². The van der Waals surface area contributed by atoms with Crippen LogP contribution in [0.4, 0.5) is 0 Å². The van der Waals surface area contributed by atoms with Crippen molar-refractivity contribution in [3.8, 4) is 0 Å². The van der Waals surface area contributed by atoms with Crippen LogP contribution in [0.5, 0.6) is 0 Å². The Hall–Kier alpha value is -0.610. The summed E-state index contributed by atoms with van der Waals surface area (Å²) in [5, 5.41) is 6.72. The van der Waals surface area contributed by atoms with Gasteiger partial charge in [0.2, 0.25) is 5.91 Å². The first-order valence-corrected chi connectivity index (χ1v) is 8.34. The third-order valence-electron chi connectivity index (χ3n) is 5.86. The molecule has 4 aliphatic carbocycles. The fourth-order valence-corrected chi connectivity index (χ4v) is 5.57. The molecule has 1 aliphatic heterocycles. The second kappa shape index (κ2) is 4.99. The van der Waals surface area contributed by atoms with Crippen molar-refractivity contribution >= 4 is 5.91 Å². The monoisotopic (exact) mass is 278 g/mol. The van der Waals surface area contributed by atoms with E-state index in [9.17, 15) is 4.79 Å². The van der Waals surface area contributed by atoms with E-state index >= 15 is 0 Å². The zero-order valence-corrected chi connectivity index (χ0v) is 12.2. The molecule has 4 heteroatoms. The molecule has 0 spiro atoms. The molecule has 1 saturated heterocycles. The van der Waals surface area contributed by atoms with Crippen LogP contribution in [0.3, 0.4) is 0 Å². The normalized spacial score (nSPS) is 46.4. The van der Waals surface area contributed by atoms with Crippen molar-refractivity contribution in [3.63, 3.8) is 0 Å². The first kappa shape index (κ1) is 13.1. The van der Waals surface area contributed by atoms with Gasteiger partial charge in [0.25, 0.3) is 0 Å². The van der Waals surface area contributed by atoms with Crippen LogP contribution in [-0.2, 0) is 9.53 Å². The lowest BCUT2D eigenvalue weighted by Crippen LogP contribution is -2.60. The highest BCUT2D eigenvalue weighted by Gasteiger charge is 2.51. The Morgan fingerprint density at radius 1 is 1.15 bits per heavy atom. The molecular weight excluding hydrogens is 252 g/mol. The Kier molecular flexibility index (Phi) is 3.26. The van der Waals surface area contributed by atoms with Crippen molar-refractivity contribution in [2.75, 3.05) is 19.7 Å². The summed E-state index contributed by atoms with van der Waals surface area (Å²) < 4.78 is 5.65. The van der Waals surface area contributed by atoms with E-state index in [2.05, 4.69) is 10.6 Å². The number of morpholine rings is 1. The Labute approximate surface area is 121 Å². The highest BCUT2D eigenvalue weighted by Crippen LogP contribution is 2.55. The van der Waals surface area contributed by atoms with Crippen molar-refractivity contribution in [3.05, 3.63) is 0 Å². The van der Waals surface area contributed by atoms with E-state index in [1.165, 1.54) is 38.5 Å².